The van der Waals surface area contributed by atoms with Crippen LogP contribution in [-0.2, 0) is 9.59 Å². The van der Waals surface area contributed by atoms with Gasteiger partial charge in [-0.15, -0.1) is 0 Å². The molecule has 0 heterocycles. The van der Waals surface area contributed by atoms with Crippen molar-refractivity contribution in [3.8, 4) is 0 Å². The first kappa shape index (κ1) is 18.9. The van der Waals surface area contributed by atoms with Crippen LogP contribution >= 0.6 is 0 Å². The maximum atomic E-state index is 11.8. The van der Waals surface area contributed by atoms with Crippen LogP contribution in [0, 0.1) is 5.92 Å². The number of Topliss-reactive ketones (excluding diaryl/α,β-unsaturated/α-hetero) is 1. The highest BCUT2D eigenvalue weighted by molar-refractivity contribution is 5.99. The summed E-state index contributed by atoms with van der Waals surface area (Å²) in [5, 5.41) is 46.5. The van der Waals surface area contributed by atoms with E-state index in [1.807, 2.05) is 0 Å². The number of nitrogens with zero attached hydrogens (tertiary/aromatic N) is 1. The van der Waals surface area contributed by atoms with E-state index in [0.717, 1.165) is 4.90 Å². The molecular weight excluding hydrogens is 270 g/mol. The van der Waals surface area contributed by atoms with Crippen LogP contribution < -0.4 is 0 Å². The first-order chi connectivity index (χ1) is 9.13. The predicted molar refractivity (Wildman–Crippen MR) is 68.6 cm³/mol. The lowest BCUT2D eigenvalue weighted by atomic mass is 10.0. The fourth-order valence-electron chi connectivity index (χ4n) is 1.55. The highest BCUT2D eigenvalue weighted by Gasteiger charge is 2.32. The number of carbonyl (C=O) groups excluding carboxylic acids is 2. The molecule has 0 aliphatic carbocycles. The lowest BCUT2D eigenvalue weighted by Crippen LogP contribution is -2.50. The van der Waals surface area contributed by atoms with E-state index in [2.05, 4.69) is 0 Å². The zero-order valence-electron chi connectivity index (χ0n) is 11.8. The quantitative estimate of drug-likeness (QED) is 0.303. The molecule has 0 fully saturated rings. The lowest BCUT2D eigenvalue weighted by molar-refractivity contribution is -0.144. The van der Waals surface area contributed by atoms with Gasteiger partial charge < -0.3 is 30.4 Å². The minimum absolute atomic E-state index is 0.326. The standard InChI is InChI=1S/C12H23NO7/c1-6(7(2)15)12(20)13(3)4-8(16)10(18)11(19)9(17)5-14/h6,8-11,14,16-19H,4-5H2,1-3H3. The Morgan fingerprint density at radius 2 is 1.50 bits per heavy atom. The van der Waals surface area contributed by atoms with Crippen LogP contribution in [0.2, 0.25) is 0 Å². The number of ketones is 1. The Hall–Kier alpha value is -1.06. The minimum Gasteiger partial charge on any atom is -0.394 e. The molecule has 5 N–H and O–H groups in total. The monoisotopic (exact) mass is 293 g/mol. The van der Waals surface area contributed by atoms with Gasteiger partial charge in [-0.25, -0.2) is 0 Å². The van der Waals surface area contributed by atoms with Crippen molar-refractivity contribution in [1.82, 2.24) is 4.90 Å². The van der Waals surface area contributed by atoms with Crippen LogP contribution in [-0.4, -0.2) is 86.7 Å². The summed E-state index contributed by atoms with van der Waals surface area (Å²) in [7, 11) is 1.34. The van der Waals surface area contributed by atoms with Crippen LogP contribution in [0.3, 0.4) is 0 Å². The van der Waals surface area contributed by atoms with E-state index in [9.17, 15) is 24.9 Å². The summed E-state index contributed by atoms with van der Waals surface area (Å²) < 4.78 is 0. The molecule has 1 amide bonds. The van der Waals surface area contributed by atoms with Crippen molar-refractivity contribution in [2.24, 2.45) is 5.92 Å². The number of amides is 1. The topological polar surface area (TPSA) is 139 Å². The SMILES string of the molecule is CC(=O)C(C)C(=O)N(C)CC(O)C(O)C(O)C(O)CO. The number of aliphatic hydroxyl groups excluding tert-OH is 5. The van der Waals surface area contributed by atoms with Gasteiger partial charge in [0.15, 0.2) is 0 Å². The molecule has 118 valence electrons. The summed E-state index contributed by atoms with van der Waals surface area (Å²) in [4.78, 5) is 23.9. The van der Waals surface area contributed by atoms with E-state index in [1.54, 1.807) is 0 Å². The van der Waals surface area contributed by atoms with Crippen molar-refractivity contribution in [3.63, 3.8) is 0 Å². The van der Waals surface area contributed by atoms with E-state index >= 15 is 0 Å². The van der Waals surface area contributed by atoms with E-state index in [0.29, 0.717) is 0 Å². The van der Waals surface area contributed by atoms with Crippen LogP contribution in [0.4, 0.5) is 0 Å². The van der Waals surface area contributed by atoms with Gasteiger partial charge in [0, 0.05) is 13.6 Å². The minimum atomic E-state index is -1.75. The number of hydrogen-bond donors (Lipinski definition) is 5. The number of rotatable bonds is 8. The molecule has 5 atom stereocenters. The number of hydrogen-bond acceptors (Lipinski definition) is 7. The van der Waals surface area contributed by atoms with E-state index in [-0.39, 0.29) is 12.3 Å². The van der Waals surface area contributed by atoms with Crippen molar-refractivity contribution in [2.45, 2.75) is 38.3 Å². The third kappa shape index (κ3) is 5.14. The fraction of sp³-hybridized carbons (Fsp3) is 0.833. The molecule has 0 bridgehead atoms. The fourth-order valence-corrected chi connectivity index (χ4v) is 1.55. The van der Waals surface area contributed by atoms with Crippen LogP contribution in [0.25, 0.3) is 0 Å². The van der Waals surface area contributed by atoms with Gasteiger partial charge in [0.05, 0.1) is 12.5 Å². The molecule has 0 aliphatic rings. The van der Waals surface area contributed by atoms with Gasteiger partial charge >= 0.3 is 0 Å². The third-order valence-electron chi connectivity index (χ3n) is 3.14. The Balaban J connectivity index is 4.55. The normalized spacial score (nSPS) is 18.8. The van der Waals surface area contributed by atoms with Gasteiger partial charge in [-0.3, -0.25) is 9.59 Å². The van der Waals surface area contributed by atoms with Gasteiger partial charge in [-0.05, 0) is 13.8 Å². The van der Waals surface area contributed by atoms with E-state index < -0.39 is 42.8 Å². The Morgan fingerprint density at radius 1 is 1.05 bits per heavy atom. The molecule has 0 radical (unpaired) electrons. The van der Waals surface area contributed by atoms with Crippen molar-refractivity contribution >= 4 is 11.7 Å². The molecule has 20 heavy (non-hydrogen) atoms. The molecule has 0 saturated carbocycles. The van der Waals surface area contributed by atoms with Gasteiger partial charge in [0.1, 0.15) is 30.2 Å². The van der Waals surface area contributed by atoms with Gasteiger partial charge in [0.25, 0.3) is 0 Å². The Kier molecular flexibility index (Phi) is 7.84. The molecular formula is C12H23NO7. The Bertz CT molecular complexity index is 336. The number of carbonyl (C=O) groups is 2. The highest BCUT2D eigenvalue weighted by atomic mass is 16.4. The number of aliphatic hydroxyl groups is 5. The van der Waals surface area contributed by atoms with Crippen molar-refractivity contribution in [1.29, 1.82) is 0 Å². The van der Waals surface area contributed by atoms with E-state index in [1.165, 1.54) is 20.9 Å². The second-order valence-electron chi connectivity index (χ2n) is 4.85. The third-order valence-corrected chi connectivity index (χ3v) is 3.14. The van der Waals surface area contributed by atoms with Gasteiger partial charge in [0.2, 0.25) is 5.91 Å². The molecule has 0 aliphatic heterocycles. The lowest BCUT2D eigenvalue weighted by Gasteiger charge is -2.29. The molecule has 0 aromatic rings. The molecule has 0 saturated heterocycles. The number of likely N-dealkylation sites (N-methyl/N-ethyl adjacent to an activating group) is 1. The summed E-state index contributed by atoms with van der Waals surface area (Å²) in [5.41, 5.74) is 0. The van der Waals surface area contributed by atoms with Crippen molar-refractivity contribution < 1.29 is 35.1 Å². The highest BCUT2D eigenvalue weighted by Crippen LogP contribution is 2.08. The average Bonchev–Trinajstić information content (AvgIpc) is 2.42. The molecule has 5 unspecified atom stereocenters. The summed E-state index contributed by atoms with van der Waals surface area (Å²) in [6.07, 6.45) is -6.61. The second kappa shape index (κ2) is 8.28. The first-order valence-electron chi connectivity index (χ1n) is 6.22. The second-order valence-corrected chi connectivity index (χ2v) is 4.85. The molecule has 0 spiro atoms. The van der Waals surface area contributed by atoms with Crippen LogP contribution in [0.1, 0.15) is 13.8 Å². The molecule has 0 aromatic carbocycles. The first-order valence-corrected chi connectivity index (χ1v) is 6.22. The zero-order valence-corrected chi connectivity index (χ0v) is 11.8. The van der Waals surface area contributed by atoms with Gasteiger partial charge in [-0.2, -0.15) is 0 Å². The summed E-state index contributed by atoms with van der Waals surface area (Å²) >= 11 is 0. The summed E-state index contributed by atoms with van der Waals surface area (Å²) in [6, 6.07) is 0. The average molecular weight is 293 g/mol. The van der Waals surface area contributed by atoms with Crippen LogP contribution in [0.15, 0.2) is 0 Å². The molecule has 8 heteroatoms. The summed E-state index contributed by atoms with van der Waals surface area (Å²) in [6.45, 7) is 1.59. The Morgan fingerprint density at radius 3 is 1.90 bits per heavy atom. The molecule has 0 rings (SSSR count). The Labute approximate surface area is 117 Å². The van der Waals surface area contributed by atoms with Crippen molar-refractivity contribution in [3.05, 3.63) is 0 Å². The zero-order chi connectivity index (χ0) is 16.0. The largest absolute Gasteiger partial charge is 0.394 e. The molecule has 8 nitrogen and oxygen atoms in total. The smallest absolute Gasteiger partial charge is 0.232 e. The van der Waals surface area contributed by atoms with E-state index in [4.69, 9.17) is 10.2 Å². The maximum Gasteiger partial charge on any atom is 0.232 e. The van der Waals surface area contributed by atoms with Crippen molar-refractivity contribution in [2.75, 3.05) is 20.2 Å². The predicted octanol–water partition coefficient (Wildman–Crippen LogP) is -2.89. The summed E-state index contributed by atoms with van der Waals surface area (Å²) in [5.74, 6) is -1.72. The van der Waals surface area contributed by atoms with Gasteiger partial charge in [-0.1, -0.05) is 0 Å². The maximum absolute atomic E-state index is 11.8. The van der Waals surface area contributed by atoms with Crippen LogP contribution in [0.5, 0.6) is 0 Å². The molecule has 0 aromatic heterocycles.